The fraction of sp³-hybridized carbons (Fsp3) is 0.231. The first-order chi connectivity index (χ1) is 17.0. The molecule has 5 rings (SSSR count). The molecule has 0 aliphatic carbocycles. The maximum absolute atomic E-state index is 13.9. The smallest absolute Gasteiger partial charge is 0.266 e. The molecule has 35 heavy (non-hydrogen) atoms. The standard InChI is InChI=1S/C26H23FN2O6/c1-32-19-13-12-18(22(33-2)23(19)34-3)21-20-24(35-29(21)16-9-5-4-6-10-16)26(31)28(25(20)30)17-11-7-8-15(27)14-17/h4-14,20-21,24H,1-3H3/t20-,21-,24+/m0/s1. The molecule has 0 radical (unpaired) electrons. The highest BCUT2D eigenvalue weighted by atomic mass is 19.1. The molecule has 180 valence electrons. The highest BCUT2D eigenvalue weighted by Gasteiger charge is 2.61. The molecular weight excluding hydrogens is 455 g/mol. The number of benzene rings is 3. The Morgan fingerprint density at radius 3 is 2.17 bits per heavy atom. The van der Waals surface area contributed by atoms with Crippen LogP contribution in [0.15, 0.2) is 66.7 Å². The van der Waals surface area contributed by atoms with Crippen LogP contribution in [-0.2, 0) is 14.4 Å². The van der Waals surface area contributed by atoms with Crippen LogP contribution in [0, 0.1) is 11.7 Å². The van der Waals surface area contributed by atoms with E-state index in [2.05, 4.69) is 0 Å². The van der Waals surface area contributed by atoms with Crippen molar-refractivity contribution in [2.45, 2.75) is 12.1 Å². The van der Waals surface area contributed by atoms with Crippen LogP contribution >= 0.6 is 0 Å². The molecule has 0 spiro atoms. The van der Waals surface area contributed by atoms with Crippen LogP contribution in [0.5, 0.6) is 17.2 Å². The van der Waals surface area contributed by atoms with Crippen molar-refractivity contribution < 1.29 is 33.0 Å². The van der Waals surface area contributed by atoms with Crippen LogP contribution in [-0.4, -0.2) is 39.2 Å². The van der Waals surface area contributed by atoms with Crippen molar-refractivity contribution in [2.24, 2.45) is 5.92 Å². The normalized spacial score (nSPS) is 21.3. The molecule has 3 atom stereocenters. The molecule has 0 saturated carbocycles. The third-order valence-electron chi connectivity index (χ3n) is 6.25. The zero-order valence-corrected chi connectivity index (χ0v) is 19.3. The lowest BCUT2D eigenvalue weighted by atomic mass is 9.89. The molecule has 8 nitrogen and oxygen atoms in total. The van der Waals surface area contributed by atoms with E-state index in [4.69, 9.17) is 19.0 Å². The molecule has 2 saturated heterocycles. The number of halogens is 1. The summed E-state index contributed by atoms with van der Waals surface area (Å²) in [5.74, 6) is -1.37. The summed E-state index contributed by atoms with van der Waals surface area (Å²) < 4.78 is 30.6. The van der Waals surface area contributed by atoms with Gasteiger partial charge in [-0.15, -0.1) is 0 Å². The second kappa shape index (κ2) is 8.92. The molecule has 2 fully saturated rings. The van der Waals surface area contributed by atoms with Crippen LogP contribution < -0.4 is 24.2 Å². The van der Waals surface area contributed by atoms with Crippen molar-refractivity contribution in [3.8, 4) is 17.2 Å². The molecule has 2 aliphatic heterocycles. The Bertz CT molecular complexity index is 1280. The SMILES string of the molecule is COc1ccc([C@H]2[C@@H]3C(=O)N(c4cccc(F)c4)C(=O)[C@@H]3ON2c2ccccc2)c(OC)c1OC. The lowest BCUT2D eigenvalue weighted by molar-refractivity contribution is -0.126. The fourth-order valence-electron chi connectivity index (χ4n) is 4.76. The second-order valence-corrected chi connectivity index (χ2v) is 8.07. The highest BCUT2D eigenvalue weighted by molar-refractivity contribution is 6.24. The zero-order valence-electron chi connectivity index (χ0n) is 19.3. The first-order valence-corrected chi connectivity index (χ1v) is 10.9. The number of methoxy groups -OCH3 is 3. The summed E-state index contributed by atoms with van der Waals surface area (Å²) in [6.45, 7) is 0. The number of nitrogens with zero attached hydrogens (tertiary/aromatic N) is 2. The van der Waals surface area contributed by atoms with Crippen molar-refractivity contribution in [2.75, 3.05) is 31.3 Å². The van der Waals surface area contributed by atoms with Crippen molar-refractivity contribution in [1.82, 2.24) is 0 Å². The maximum atomic E-state index is 13.9. The Morgan fingerprint density at radius 1 is 0.800 bits per heavy atom. The first kappa shape index (κ1) is 22.7. The van der Waals surface area contributed by atoms with Gasteiger partial charge in [0.15, 0.2) is 17.6 Å². The van der Waals surface area contributed by atoms with Crippen molar-refractivity contribution in [3.05, 3.63) is 78.1 Å². The number of fused-ring (bicyclic) bond motifs is 1. The number of rotatable bonds is 6. The number of para-hydroxylation sites is 1. The average molecular weight is 478 g/mol. The van der Waals surface area contributed by atoms with Crippen LogP contribution in [0.3, 0.4) is 0 Å². The van der Waals surface area contributed by atoms with Crippen molar-refractivity contribution in [1.29, 1.82) is 0 Å². The molecule has 0 N–H and O–H groups in total. The van der Waals surface area contributed by atoms with Gasteiger partial charge in [-0.1, -0.05) is 24.3 Å². The molecule has 3 aromatic carbocycles. The third-order valence-corrected chi connectivity index (χ3v) is 6.25. The maximum Gasteiger partial charge on any atom is 0.266 e. The van der Waals surface area contributed by atoms with Gasteiger partial charge < -0.3 is 14.2 Å². The summed E-state index contributed by atoms with van der Waals surface area (Å²) in [5.41, 5.74) is 1.38. The van der Waals surface area contributed by atoms with Crippen molar-refractivity contribution >= 4 is 23.2 Å². The van der Waals surface area contributed by atoms with E-state index < -0.39 is 35.7 Å². The molecule has 0 unspecified atom stereocenters. The molecule has 0 bridgehead atoms. The van der Waals surface area contributed by atoms with E-state index in [1.807, 2.05) is 30.3 Å². The number of hydrogen-bond donors (Lipinski definition) is 0. The Labute approximate surface area is 201 Å². The molecule has 3 aromatic rings. The van der Waals surface area contributed by atoms with E-state index in [1.165, 1.54) is 39.5 Å². The molecule has 0 aromatic heterocycles. The van der Waals surface area contributed by atoms with Crippen LogP contribution in [0.4, 0.5) is 15.8 Å². The van der Waals surface area contributed by atoms with Gasteiger partial charge in [-0.05, 0) is 42.5 Å². The van der Waals surface area contributed by atoms with Gasteiger partial charge in [-0.25, -0.2) is 14.4 Å². The summed E-state index contributed by atoms with van der Waals surface area (Å²) in [4.78, 5) is 34.2. The number of hydroxylamine groups is 1. The Balaban J connectivity index is 1.66. The van der Waals surface area contributed by atoms with Gasteiger partial charge in [0.25, 0.3) is 5.91 Å². The van der Waals surface area contributed by atoms with E-state index >= 15 is 0 Å². The van der Waals surface area contributed by atoms with Crippen LogP contribution in [0.2, 0.25) is 0 Å². The van der Waals surface area contributed by atoms with Gasteiger partial charge in [0.1, 0.15) is 17.8 Å². The van der Waals surface area contributed by atoms with Gasteiger partial charge in [0.05, 0.1) is 32.7 Å². The number of anilines is 2. The summed E-state index contributed by atoms with van der Waals surface area (Å²) in [6, 6.07) is 17.2. The molecular formula is C26H23FN2O6. The number of amides is 2. The van der Waals surface area contributed by atoms with Crippen LogP contribution in [0.25, 0.3) is 0 Å². The fourth-order valence-corrected chi connectivity index (χ4v) is 4.76. The van der Waals surface area contributed by atoms with E-state index in [9.17, 15) is 14.0 Å². The quantitative estimate of drug-likeness (QED) is 0.498. The Hall–Kier alpha value is -4.11. The summed E-state index contributed by atoms with van der Waals surface area (Å²) in [6.07, 6.45) is -1.10. The first-order valence-electron chi connectivity index (χ1n) is 10.9. The molecule has 2 heterocycles. The van der Waals surface area contributed by atoms with Gasteiger partial charge in [0, 0.05) is 5.56 Å². The molecule has 2 aliphatic rings. The molecule has 9 heteroatoms. The predicted molar refractivity (Wildman–Crippen MR) is 125 cm³/mol. The highest BCUT2D eigenvalue weighted by Crippen LogP contribution is 2.52. The van der Waals surface area contributed by atoms with Crippen LogP contribution in [0.1, 0.15) is 11.6 Å². The monoisotopic (exact) mass is 478 g/mol. The lowest BCUT2D eigenvalue weighted by Gasteiger charge is -2.30. The summed E-state index contributed by atoms with van der Waals surface area (Å²) in [7, 11) is 4.49. The minimum absolute atomic E-state index is 0.155. The number of carbonyl (C=O) groups excluding carboxylic acids is 2. The average Bonchev–Trinajstić information content (AvgIpc) is 3.39. The van der Waals surface area contributed by atoms with Gasteiger partial charge in [-0.2, -0.15) is 0 Å². The van der Waals surface area contributed by atoms with E-state index in [0.29, 0.717) is 28.5 Å². The second-order valence-electron chi connectivity index (χ2n) is 8.07. The number of ether oxygens (including phenoxy) is 3. The number of carbonyl (C=O) groups is 2. The van der Waals surface area contributed by atoms with Gasteiger partial charge >= 0.3 is 0 Å². The Morgan fingerprint density at radius 2 is 1.51 bits per heavy atom. The van der Waals surface area contributed by atoms with E-state index in [1.54, 1.807) is 17.2 Å². The summed E-state index contributed by atoms with van der Waals surface area (Å²) in [5, 5.41) is 1.55. The van der Waals surface area contributed by atoms with E-state index in [0.717, 1.165) is 11.0 Å². The minimum atomic E-state index is -1.10. The predicted octanol–water partition coefficient (Wildman–Crippen LogP) is 3.90. The van der Waals surface area contributed by atoms with Gasteiger partial charge in [-0.3, -0.25) is 14.4 Å². The minimum Gasteiger partial charge on any atom is -0.493 e. The zero-order chi connectivity index (χ0) is 24.7. The summed E-state index contributed by atoms with van der Waals surface area (Å²) >= 11 is 0. The topological polar surface area (TPSA) is 77.5 Å². The van der Waals surface area contributed by atoms with E-state index in [-0.39, 0.29) is 5.69 Å². The number of hydrogen-bond acceptors (Lipinski definition) is 7. The Kier molecular flexibility index (Phi) is 5.78. The number of imide groups is 1. The van der Waals surface area contributed by atoms with Gasteiger partial charge in [0.2, 0.25) is 11.7 Å². The van der Waals surface area contributed by atoms with Crippen molar-refractivity contribution in [3.63, 3.8) is 0 Å². The third kappa shape index (κ3) is 3.55. The molecule has 2 amide bonds. The lowest BCUT2D eigenvalue weighted by Crippen LogP contribution is -2.37. The largest absolute Gasteiger partial charge is 0.493 e.